The number of carbonyl (C=O) groups is 1. The second-order valence-corrected chi connectivity index (χ2v) is 9.84. The van der Waals surface area contributed by atoms with E-state index in [9.17, 15) is 17.6 Å². The zero-order valence-corrected chi connectivity index (χ0v) is 18.1. The Kier molecular flexibility index (Phi) is 7.79. The van der Waals surface area contributed by atoms with Crippen LogP contribution in [0.1, 0.15) is 45.2 Å². The third kappa shape index (κ3) is 7.16. The lowest BCUT2D eigenvalue weighted by molar-refractivity contribution is -0.133. The van der Waals surface area contributed by atoms with Crippen LogP contribution in [0.2, 0.25) is 0 Å². The van der Waals surface area contributed by atoms with Gasteiger partial charge in [-0.2, -0.15) is 8.42 Å². The Morgan fingerprint density at radius 3 is 2.21 bits per heavy atom. The van der Waals surface area contributed by atoms with E-state index in [1.54, 1.807) is 49.1 Å². The van der Waals surface area contributed by atoms with Gasteiger partial charge in [0.25, 0.3) is 0 Å². The number of benzene rings is 2. The quantitative estimate of drug-likeness (QED) is 0.559. The molecule has 2 rings (SSSR count). The van der Waals surface area contributed by atoms with Crippen molar-refractivity contribution in [1.82, 2.24) is 4.90 Å². The summed E-state index contributed by atoms with van der Waals surface area (Å²) < 4.78 is 42.4. The summed E-state index contributed by atoms with van der Waals surface area (Å²) in [4.78, 5) is 14.4. The molecule has 0 atom stereocenters. The van der Waals surface area contributed by atoms with E-state index in [-0.39, 0.29) is 23.4 Å². The molecule has 29 heavy (non-hydrogen) atoms. The smallest absolute Gasteiger partial charge is 0.311 e. The van der Waals surface area contributed by atoms with Crippen molar-refractivity contribution >= 4 is 16.0 Å². The maximum absolute atomic E-state index is 13.2. The van der Waals surface area contributed by atoms with Crippen molar-refractivity contribution in [2.24, 2.45) is 5.92 Å². The fourth-order valence-electron chi connectivity index (χ4n) is 2.67. The van der Waals surface area contributed by atoms with Gasteiger partial charge in [-0.1, -0.05) is 38.1 Å². The second-order valence-electron chi connectivity index (χ2n) is 7.75. The molecular weight excluding hydrogens is 393 g/mol. The number of hydrogen-bond acceptors (Lipinski definition) is 4. The molecule has 0 radical (unpaired) electrons. The maximum atomic E-state index is 13.2. The third-order valence-electron chi connectivity index (χ3n) is 4.28. The van der Waals surface area contributed by atoms with Gasteiger partial charge in [0.15, 0.2) is 0 Å². The normalized spacial score (nSPS) is 11.7. The molecule has 0 bridgehead atoms. The van der Waals surface area contributed by atoms with Gasteiger partial charge in [0, 0.05) is 19.5 Å². The second kappa shape index (κ2) is 9.87. The highest BCUT2D eigenvalue weighted by Gasteiger charge is 2.19. The Bertz CT molecular complexity index is 924. The van der Waals surface area contributed by atoms with Crippen LogP contribution >= 0.6 is 0 Å². The molecule has 0 unspecified atom stereocenters. The van der Waals surface area contributed by atoms with Crippen LogP contribution in [-0.2, 0) is 28.0 Å². The van der Waals surface area contributed by atoms with Gasteiger partial charge >= 0.3 is 10.1 Å². The highest BCUT2D eigenvalue weighted by molar-refractivity contribution is 7.87. The average molecular weight is 422 g/mol. The van der Waals surface area contributed by atoms with Crippen LogP contribution in [0.4, 0.5) is 4.39 Å². The predicted octanol–water partition coefficient (Wildman–Crippen LogP) is 4.52. The molecule has 2 aromatic rings. The van der Waals surface area contributed by atoms with Crippen LogP contribution in [0.3, 0.4) is 0 Å². The van der Waals surface area contributed by atoms with Crippen LogP contribution < -0.4 is 4.18 Å². The van der Waals surface area contributed by atoms with E-state index in [0.717, 1.165) is 11.1 Å². The van der Waals surface area contributed by atoms with Crippen molar-refractivity contribution in [2.75, 3.05) is 0 Å². The Morgan fingerprint density at radius 1 is 1.00 bits per heavy atom. The van der Waals surface area contributed by atoms with Gasteiger partial charge in [-0.25, -0.2) is 4.39 Å². The summed E-state index contributed by atoms with van der Waals surface area (Å²) in [5.41, 5.74) is 1.57. The van der Waals surface area contributed by atoms with Crippen molar-refractivity contribution < 1.29 is 21.8 Å². The monoisotopic (exact) mass is 421 g/mol. The molecule has 0 aromatic heterocycles. The topological polar surface area (TPSA) is 63.7 Å². The molecule has 158 valence electrons. The average Bonchev–Trinajstić information content (AvgIpc) is 2.62. The van der Waals surface area contributed by atoms with E-state index in [1.807, 2.05) is 19.9 Å². The Hall–Kier alpha value is -2.41. The number of carbonyl (C=O) groups excluding carboxylic acids is 1. The molecule has 0 saturated heterocycles. The highest BCUT2D eigenvalue weighted by Crippen LogP contribution is 2.20. The lowest BCUT2D eigenvalue weighted by Gasteiger charge is -2.24. The Balaban J connectivity index is 2.22. The standard InChI is InChI=1S/C22H28FNO4S/c1-16(2)12-22(25)24(14-18-8-10-20(23)11-9-18)15-19-6-5-7-21(13-19)28-29(26,27)17(3)4/h5-11,13,16-17H,12,14-15H2,1-4H3. The Labute approximate surface area is 172 Å². The summed E-state index contributed by atoms with van der Waals surface area (Å²) in [6.45, 7) is 7.67. The number of rotatable bonds is 9. The first-order chi connectivity index (χ1) is 13.6. The van der Waals surface area contributed by atoms with Crippen LogP contribution in [0, 0.1) is 11.7 Å². The summed E-state index contributed by atoms with van der Waals surface area (Å²) >= 11 is 0. The van der Waals surface area contributed by atoms with Crippen LogP contribution in [0.5, 0.6) is 5.75 Å². The first-order valence-corrected chi connectivity index (χ1v) is 11.1. The summed E-state index contributed by atoms with van der Waals surface area (Å²) in [6, 6.07) is 12.7. The molecule has 0 aliphatic heterocycles. The van der Waals surface area contributed by atoms with Crippen molar-refractivity contribution in [3.05, 3.63) is 65.5 Å². The fraction of sp³-hybridized carbons (Fsp3) is 0.409. The molecule has 7 heteroatoms. The first kappa shape index (κ1) is 22.9. The molecule has 0 heterocycles. The van der Waals surface area contributed by atoms with Gasteiger partial charge in [-0.15, -0.1) is 0 Å². The van der Waals surface area contributed by atoms with Gasteiger partial charge in [0.2, 0.25) is 5.91 Å². The number of amides is 1. The van der Waals surface area contributed by atoms with Crippen molar-refractivity contribution in [1.29, 1.82) is 0 Å². The summed E-state index contributed by atoms with van der Waals surface area (Å²) in [6.07, 6.45) is 0.388. The summed E-state index contributed by atoms with van der Waals surface area (Å²) in [7, 11) is -3.70. The minimum Gasteiger partial charge on any atom is -0.382 e. The van der Waals surface area contributed by atoms with Crippen molar-refractivity contribution in [3.8, 4) is 5.75 Å². The highest BCUT2D eigenvalue weighted by atomic mass is 32.2. The molecule has 0 saturated carbocycles. The zero-order valence-electron chi connectivity index (χ0n) is 17.3. The molecule has 2 aromatic carbocycles. The van der Waals surface area contributed by atoms with Gasteiger partial charge in [-0.05, 0) is 55.2 Å². The van der Waals surface area contributed by atoms with E-state index >= 15 is 0 Å². The van der Waals surface area contributed by atoms with Crippen LogP contribution in [0.25, 0.3) is 0 Å². The molecule has 0 fully saturated rings. The molecule has 0 N–H and O–H groups in total. The Morgan fingerprint density at radius 2 is 1.62 bits per heavy atom. The fourth-order valence-corrected chi connectivity index (χ4v) is 3.23. The van der Waals surface area contributed by atoms with E-state index in [1.165, 1.54) is 12.1 Å². The van der Waals surface area contributed by atoms with Crippen LogP contribution in [-0.4, -0.2) is 24.5 Å². The minimum atomic E-state index is -3.70. The van der Waals surface area contributed by atoms with Crippen LogP contribution in [0.15, 0.2) is 48.5 Å². The minimum absolute atomic E-state index is 0.0227. The van der Waals surface area contributed by atoms with Gasteiger partial charge in [0.05, 0.1) is 5.25 Å². The largest absolute Gasteiger partial charge is 0.382 e. The summed E-state index contributed by atoms with van der Waals surface area (Å²) in [5.74, 6) is 0.0637. The van der Waals surface area contributed by atoms with Gasteiger partial charge < -0.3 is 9.08 Å². The molecule has 5 nitrogen and oxygen atoms in total. The summed E-state index contributed by atoms with van der Waals surface area (Å²) in [5, 5.41) is -0.659. The van der Waals surface area contributed by atoms with Crippen molar-refractivity contribution in [2.45, 2.75) is 52.5 Å². The third-order valence-corrected chi connectivity index (χ3v) is 5.86. The van der Waals surface area contributed by atoms with E-state index in [4.69, 9.17) is 4.18 Å². The van der Waals surface area contributed by atoms with E-state index in [0.29, 0.717) is 19.5 Å². The lowest BCUT2D eigenvalue weighted by atomic mass is 10.1. The number of nitrogens with zero attached hydrogens (tertiary/aromatic N) is 1. The molecule has 0 aliphatic rings. The number of hydrogen-bond donors (Lipinski definition) is 0. The first-order valence-electron chi connectivity index (χ1n) is 9.61. The SMILES string of the molecule is CC(C)CC(=O)N(Cc1ccc(F)cc1)Cc1cccc(OS(=O)(=O)C(C)C)c1. The number of halogens is 1. The predicted molar refractivity (Wildman–Crippen MR) is 111 cm³/mol. The lowest BCUT2D eigenvalue weighted by Crippen LogP contribution is -2.31. The molecular formula is C22H28FNO4S. The zero-order chi connectivity index (χ0) is 21.6. The van der Waals surface area contributed by atoms with Crippen molar-refractivity contribution in [3.63, 3.8) is 0 Å². The van der Waals surface area contributed by atoms with Gasteiger partial charge in [0.1, 0.15) is 11.6 Å². The molecule has 0 spiro atoms. The van der Waals surface area contributed by atoms with E-state index in [2.05, 4.69) is 0 Å². The maximum Gasteiger partial charge on any atom is 0.311 e. The molecule has 0 aliphatic carbocycles. The van der Waals surface area contributed by atoms with E-state index < -0.39 is 15.4 Å². The van der Waals surface area contributed by atoms with Gasteiger partial charge in [-0.3, -0.25) is 4.79 Å². The molecule has 1 amide bonds.